The molecule has 0 aromatic rings. The third-order valence-corrected chi connectivity index (χ3v) is 3.62. The molecule has 3 fully saturated rings. The van der Waals surface area contributed by atoms with E-state index in [2.05, 4.69) is 13.8 Å². The lowest BCUT2D eigenvalue weighted by Crippen LogP contribution is -2.39. The molecule has 2 atom stereocenters. The molecule has 0 spiro atoms. The molecule has 3 aliphatic rings. The van der Waals surface area contributed by atoms with Crippen LogP contribution in [-0.4, -0.2) is 12.2 Å². The minimum Gasteiger partial charge on any atom is -0.400 e. The van der Waals surface area contributed by atoms with Gasteiger partial charge in [-0.25, -0.2) is 0 Å². The van der Waals surface area contributed by atoms with Crippen molar-refractivity contribution in [2.24, 2.45) is 23.7 Å². The summed E-state index contributed by atoms with van der Waals surface area (Å²) in [4.78, 5) is 0. The van der Waals surface area contributed by atoms with E-state index < -0.39 is 0 Å². The Labute approximate surface area is 69.8 Å². The Morgan fingerprint density at radius 3 is 1.82 bits per heavy atom. The van der Waals surface area contributed by atoms with Crippen molar-refractivity contribution in [3.63, 3.8) is 0 Å². The molecule has 0 saturated heterocycles. The Morgan fingerprint density at radius 1 is 1.00 bits per heavy atom. The SMILES string of the molecule is CC1C2CC(C2)C[C@H]1C.CO. The van der Waals surface area contributed by atoms with Crippen LogP contribution in [0.25, 0.3) is 0 Å². The molecule has 0 aliphatic heterocycles. The van der Waals surface area contributed by atoms with E-state index in [1.807, 2.05) is 0 Å². The van der Waals surface area contributed by atoms with Gasteiger partial charge >= 0.3 is 0 Å². The zero-order valence-electron chi connectivity index (χ0n) is 7.88. The van der Waals surface area contributed by atoms with Gasteiger partial charge in [-0.05, 0) is 42.9 Å². The van der Waals surface area contributed by atoms with Gasteiger partial charge in [0.15, 0.2) is 0 Å². The quantitative estimate of drug-likeness (QED) is 0.570. The summed E-state index contributed by atoms with van der Waals surface area (Å²) in [6, 6.07) is 0. The van der Waals surface area contributed by atoms with Crippen LogP contribution in [0.4, 0.5) is 0 Å². The van der Waals surface area contributed by atoms with E-state index in [1.54, 1.807) is 12.8 Å². The molecule has 0 heterocycles. The van der Waals surface area contributed by atoms with Crippen molar-refractivity contribution in [2.45, 2.75) is 33.1 Å². The van der Waals surface area contributed by atoms with Gasteiger partial charge in [0.05, 0.1) is 0 Å². The second kappa shape index (κ2) is 3.57. The highest BCUT2D eigenvalue weighted by molar-refractivity contribution is 4.91. The molecule has 66 valence electrons. The second-order valence-electron chi connectivity index (χ2n) is 4.17. The minimum atomic E-state index is 1.00. The molecule has 3 rings (SSSR count). The van der Waals surface area contributed by atoms with Crippen LogP contribution in [0.15, 0.2) is 0 Å². The summed E-state index contributed by atoms with van der Waals surface area (Å²) in [5.41, 5.74) is 0. The lowest BCUT2D eigenvalue weighted by atomic mass is 9.57. The first-order valence-corrected chi connectivity index (χ1v) is 4.72. The lowest BCUT2D eigenvalue weighted by Gasteiger charge is -2.49. The van der Waals surface area contributed by atoms with E-state index in [-0.39, 0.29) is 0 Å². The minimum absolute atomic E-state index is 1.00. The average molecular weight is 156 g/mol. The van der Waals surface area contributed by atoms with Crippen LogP contribution in [0.2, 0.25) is 0 Å². The molecule has 1 nitrogen and oxygen atoms in total. The lowest BCUT2D eigenvalue weighted by molar-refractivity contribution is 0.0154. The normalized spacial score (nSPS) is 46.9. The van der Waals surface area contributed by atoms with Gasteiger partial charge in [-0.2, -0.15) is 0 Å². The van der Waals surface area contributed by atoms with Crippen molar-refractivity contribution in [1.29, 1.82) is 0 Å². The van der Waals surface area contributed by atoms with Crippen LogP contribution < -0.4 is 0 Å². The maximum Gasteiger partial charge on any atom is 0.0319 e. The Kier molecular flexibility index (Phi) is 2.94. The molecule has 3 aliphatic carbocycles. The molecule has 0 radical (unpaired) electrons. The highest BCUT2D eigenvalue weighted by atomic mass is 16.2. The Balaban J connectivity index is 0.000000281. The van der Waals surface area contributed by atoms with Crippen molar-refractivity contribution in [3.8, 4) is 0 Å². The molecule has 1 unspecified atom stereocenters. The van der Waals surface area contributed by atoms with Gasteiger partial charge in [0.25, 0.3) is 0 Å². The molecule has 1 heteroatoms. The molecular formula is C10H20O. The van der Waals surface area contributed by atoms with Crippen LogP contribution >= 0.6 is 0 Å². The summed E-state index contributed by atoms with van der Waals surface area (Å²) in [7, 11) is 1.00. The number of hydrogen-bond donors (Lipinski definition) is 1. The molecular weight excluding hydrogens is 136 g/mol. The van der Waals surface area contributed by atoms with Gasteiger partial charge in [0, 0.05) is 7.11 Å². The molecule has 2 bridgehead atoms. The van der Waals surface area contributed by atoms with E-state index in [1.165, 1.54) is 6.42 Å². The van der Waals surface area contributed by atoms with Gasteiger partial charge in [0.1, 0.15) is 0 Å². The first-order valence-electron chi connectivity index (χ1n) is 4.72. The monoisotopic (exact) mass is 156 g/mol. The van der Waals surface area contributed by atoms with Crippen molar-refractivity contribution < 1.29 is 5.11 Å². The van der Waals surface area contributed by atoms with Crippen LogP contribution in [0, 0.1) is 23.7 Å². The summed E-state index contributed by atoms with van der Waals surface area (Å²) in [5.74, 6) is 4.33. The molecule has 3 saturated carbocycles. The second-order valence-corrected chi connectivity index (χ2v) is 4.17. The highest BCUT2D eigenvalue weighted by Crippen LogP contribution is 2.51. The molecule has 0 aromatic carbocycles. The number of aliphatic hydroxyl groups excluding tert-OH is 1. The maximum atomic E-state index is 7.00. The van der Waals surface area contributed by atoms with E-state index in [0.717, 1.165) is 30.8 Å². The predicted molar refractivity (Wildman–Crippen MR) is 47.3 cm³/mol. The van der Waals surface area contributed by atoms with Crippen LogP contribution in [0.3, 0.4) is 0 Å². The Morgan fingerprint density at radius 2 is 1.55 bits per heavy atom. The molecule has 0 aromatic heterocycles. The number of rotatable bonds is 0. The fourth-order valence-electron chi connectivity index (χ4n) is 2.61. The van der Waals surface area contributed by atoms with Crippen LogP contribution in [0.1, 0.15) is 33.1 Å². The third kappa shape index (κ3) is 1.58. The first kappa shape index (κ1) is 9.05. The maximum absolute atomic E-state index is 7.00. The zero-order chi connectivity index (χ0) is 8.43. The average Bonchev–Trinajstić information content (AvgIpc) is 1.96. The van der Waals surface area contributed by atoms with Gasteiger partial charge in [-0.15, -0.1) is 0 Å². The van der Waals surface area contributed by atoms with Gasteiger partial charge in [-0.3, -0.25) is 0 Å². The van der Waals surface area contributed by atoms with Crippen molar-refractivity contribution in [3.05, 3.63) is 0 Å². The van der Waals surface area contributed by atoms with E-state index in [4.69, 9.17) is 5.11 Å². The van der Waals surface area contributed by atoms with Crippen molar-refractivity contribution in [2.75, 3.05) is 7.11 Å². The number of fused-ring (bicyclic) bond motifs is 2. The molecule has 0 amide bonds. The Hall–Kier alpha value is -0.0400. The predicted octanol–water partition coefficient (Wildman–Crippen LogP) is 2.30. The van der Waals surface area contributed by atoms with Gasteiger partial charge < -0.3 is 5.11 Å². The zero-order valence-corrected chi connectivity index (χ0v) is 7.88. The Bertz CT molecular complexity index is 114. The topological polar surface area (TPSA) is 20.2 Å². The highest BCUT2D eigenvalue weighted by Gasteiger charge is 2.41. The summed E-state index contributed by atoms with van der Waals surface area (Å²) in [6.07, 6.45) is 4.65. The standard InChI is InChI=1S/C9H16.CH4O/c1-6-3-8-4-9(5-8)7(6)2;1-2/h6-9H,3-5H2,1-2H3;2H,1H3/t6-,7?,8?,9?;/m1./s1. The van der Waals surface area contributed by atoms with Gasteiger partial charge in [-0.1, -0.05) is 13.8 Å². The largest absolute Gasteiger partial charge is 0.400 e. The van der Waals surface area contributed by atoms with Crippen molar-refractivity contribution in [1.82, 2.24) is 0 Å². The fraction of sp³-hybridized carbons (Fsp3) is 1.00. The van der Waals surface area contributed by atoms with Crippen molar-refractivity contribution >= 4 is 0 Å². The van der Waals surface area contributed by atoms with Crippen LogP contribution in [-0.2, 0) is 0 Å². The number of aliphatic hydroxyl groups is 1. The molecule has 11 heavy (non-hydrogen) atoms. The summed E-state index contributed by atoms with van der Waals surface area (Å²) in [5, 5.41) is 7.00. The molecule has 1 N–H and O–H groups in total. The first-order chi connectivity index (χ1) is 5.27. The smallest absolute Gasteiger partial charge is 0.0319 e. The van der Waals surface area contributed by atoms with E-state index >= 15 is 0 Å². The van der Waals surface area contributed by atoms with E-state index in [9.17, 15) is 0 Å². The van der Waals surface area contributed by atoms with Gasteiger partial charge in [0.2, 0.25) is 0 Å². The third-order valence-electron chi connectivity index (χ3n) is 3.62. The summed E-state index contributed by atoms with van der Waals surface area (Å²) >= 11 is 0. The number of hydrogen-bond acceptors (Lipinski definition) is 1. The van der Waals surface area contributed by atoms with E-state index in [0.29, 0.717) is 0 Å². The fourth-order valence-corrected chi connectivity index (χ4v) is 2.61. The van der Waals surface area contributed by atoms with Crippen LogP contribution in [0.5, 0.6) is 0 Å². The summed E-state index contributed by atoms with van der Waals surface area (Å²) in [6.45, 7) is 4.85. The summed E-state index contributed by atoms with van der Waals surface area (Å²) < 4.78 is 0.